The second kappa shape index (κ2) is 6.21. The molecule has 1 aliphatic heterocycles. The minimum Gasteiger partial charge on any atom is -0.481 e. The monoisotopic (exact) mass is 338 g/mol. The summed E-state index contributed by atoms with van der Waals surface area (Å²) in [5.41, 5.74) is 0.260. The van der Waals surface area contributed by atoms with Gasteiger partial charge in [0.2, 0.25) is 0 Å². The van der Waals surface area contributed by atoms with Crippen LogP contribution in [0.3, 0.4) is 0 Å². The lowest BCUT2D eigenvalue weighted by molar-refractivity contribution is -0.138. The fourth-order valence-corrected chi connectivity index (χ4v) is 3.07. The number of methoxy groups -OCH3 is 1. The van der Waals surface area contributed by atoms with Gasteiger partial charge in [0.15, 0.2) is 5.69 Å². The first-order chi connectivity index (χ1) is 10.2. The third-order valence-electron chi connectivity index (χ3n) is 3.41. The number of aromatic nitrogens is 1. The number of thiazole rings is 1. The molecule has 22 heavy (non-hydrogen) atoms. The van der Waals surface area contributed by atoms with E-state index in [9.17, 15) is 22.8 Å². The minimum absolute atomic E-state index is 0.0438. The van der Waals surface area contributed by atoms with Gasteiger partial charge in [-0.1, -0.05) is 0 Å². The fraction of sp³-hybridized carbons (Fsp3) is 0.583. The maximum Gasteiger partial charge on any atom is 0.427 e. The van der Waals surface area contributed by atoms with Crippen LogP contribution in [-0.4, -0.2) is 52.7 Å². The third kappa shape index (κ3) is 3.38. The average Bonchev–Trinajstić information content (AvgIpc) is 3.02. The molecule has 1 amide bonds. The lowest BCUT2D eigenvalue weighted by Crippen LogP contribution is -2.38. The number of carbonyl (C=O) groups excluding carboxylic acids is 1. The van der Waals surface area contributed by atoms with Crippen molar-refractivity contribution in [3.8, 4) is 0 Å². The van der Waals surface area contributed by atoms with E-state index in [1.54, 1.807) is 0 Å². The van der Waals surface area contributed by atoms with E-state index in [1.165, 1.54) is 7.11 Å². The first-order valence-electron chi connectivity index (χ1n) is 6.30. The molecule has 0 spiro atoms. The quantitative estimate of drug-likeness (QED) is 0.906. The molecule has 0 aromatic carbocycles. The van der Waals surface area contributed by atoms with E-state index in [1.807, 2.05) is 0 Å². The van der Waals surface area contributed by atoms with E-state index >= 15 is 0 Å². The molecule has 0 bridgehead atoms. The summed E-state index contributed by atoms with van der Waals surface area (Å²) in [5.74, 6) is -2.05. The Kier molecular flexibility index (Phi) is 4.71. The van der Waals surface area contributed by atoms with Gasteiger partial charge in [-0.2, -0.15) is 13.2 Å². The molecule has 0 radical (unpaired) electrons. The molecule has 2 heterocycles. The zero-order valence-electron chi connectivity index (χ0n) is 11.5. The zero-order valence-corrected chi connectivity index (χ0v) is 12.3. The normalized spacial score (nSPS) is 22.1. The van der Waals surface area contributed by atoms with Crippen molar-refractivity contribution in [2.75, 3.05) is 13.7 Å². The van der Waals surface area contributed by atoms with Crippen LogP contribution in [0, 0.1) is 0 Å². The topological polar surface area (TPSA) is 79.7 Å². The van der Waals surface area contributed by atoms with Crippen molar-refractivity contribution >= 4 is 23.2 Å². The number of halogens is 3. The Morgan fingerprint density at radius 1 is 1.55 bits per heavy atom. The van der Waals surface area contributed by atoms with Crippen molar-refractivity contribution in [2.24, 2.45) is 0 Å². The molecule has 122 valence electrons. The Labute approximate surface area is 127 Å². The molecule has 0 saturated carbocycles. The molecule has 1 saturated heterocycles. The summed E-state index contributed by atoms with van der Waals surface area (Å²) in [5, 5.41) is 8.87. The number of carboxylic acid groups (broad SMARTS) is 1. The Morgan fingerprint density at radius 3 is 2.77 bits per heavy atom. The van der Waals surface area contributed by atoms with Gasteiger partial charge >= 0.3 is 12.1 Å². The lowest BCUT2D eigenvalue weighted by Gasteiger charge is -2.23. The molecule has 2 atom stereocenters. The molecule has 2 rings (SSSR count). The van der Waals surface area contributed by atoms with E-state index in [0.717, 1.165) is 10.4 Å². The molecular formula is C12H13F3N2O4S. The van der Waals surface area contributed by atoms with Crippen LogP contribution in [0.15, 0.2) is 5.51 Å². The molecular weight excluding hydrogens is 325 g/mol. The number of alkyl halides is 3. The number of aliphatic carboxylic acids is 1. The summed E-state index contributed by atoms with van der Waals surface area (Å²) in [6, 6.07) is -0.710. The van der Waals surface area contributed by atoms with Crippen LogP contribution in [-0.2, 0) is 15.7 Å². The standard InChI is InChI=1S/C12H13F3N2O4S/c1-21-7-2-6(3-8(18)19)17(4-7)11(20)9-10(12(13,14)15)22-5-16-9/h5-7H,2-4H2,1H3,(H,18,19). The summed E-state index contributed by atoms with van der Waals surface area (Å²) in [7, 11) is 1.40. The molecule has 1 N–H and O–H groups in total. The first-order valence-corrected chi connectivity index (χ1v) is 7.18. The number of carbonyl (C=O) groups is 2. The van der Waals surface area contributed by atoms with Gasteiger partial charge in [-0.25, -0.2) is 4.98 Å². The van der Waals surface area contributed by atoms with Crippen LogP contribution in [0.25, 0.3) is 0 Å². The molecule has 1 aromatic heterocycles. The van der Waals surface area contributed by atoms with Crippen molar-refractivity contribution in [2.45, 2.75) is 31.2 Å². The maximum atomic E-state index is 12.9. The third-order valence-corrected chi connectivity index (χ3v) is 4.28. The van der Waals surface area contributed by atoms with E-state index in [0.29, 0.717) is 11.3 Å². The van der Waals surface area contributed by atoms with Gasteiger partial charge in [-0.15, -0.1) is 11.3 Å². The Morgan fingerprint density at radius 2 is 2.23 bits per heavy atom. The summed E-state index contributed by atoms with van der Waals surface area (Å²) in [4.78, 5) is 26.7. The van der Waals surface area contributed by atoms with Gasteiger partial charge < -0.3 is 14.7 Å². The second-order valence-electron chi connectivity index (χ2n) is 4.83. The number of nitrogens with zero attached hydrogens (tertiary/aromatic N) is 2. The predicted molar refractivity (Wildman–Crippen MR) is 69.6 cm³/mol. The van der Waals surface area contributed by atoms with Crippen LogP contribution in [0.5, 0.6) is 0 Å². The van der Waals surface area contributed by atoms with Crippen molar-refractivity contribution in [3.05, 3.63) is 16.1 Å². The second-order valence-corrected chi connectivity index (χ2v) is 5.69. The molecule has 1 fully saturated rings. The highest BCUT2D eigenvalue weighted by Gasteiger charge is 2.43. The van der Waals surface area contributed by atoms with Crippen molar-refractivity contribution in [3.63, 3.8) is 0 Å². The van der Waals surface area contributed by atoms with Crippen molar-refractivity contribution < 1.29 is 32.6 Å². The van der Waals surface area contributed by atoms with Crippen molar-refractivity contribution in [1.29, 1.82) is 0 Å². The van der Waals surface area contributed by atoms with Crippen molar-refractivity contribution in [1.82, 2.24) is 9.88 Å². The summed E-state index contributed by atoms with van der Waals surface area (Å²) in [6.45, 7) is 0.0438. The SMILES string of the molecule is COC1CC(CC(=O)O)N(C(=O)c2ncsc2C(F)(F)F)C1. The van der Waals surface area contributed by atoms with E-state index < -0.39 is 40.8 Å². The molecule has 6 nitrogen and oxygen atoms in total. The van der Waals surface area contributed by atoms with Gasteiger partial charge in [0.05, 0.1) is 18.0 Å². The van der Waals surface area contributed by atoms with Gasteiger partial charge in [0.1, 0.15) is 4.88 Å². The highest BCUT2D eigenvalue weighted by Crippen LogP contribution is 2.36. The molecule has 2 unspecified atom stereocenters. The minimum atomic E-state index is -4.67. The Bertz CT molecular complexity index is 575. The Hall–Kier alpha value is -1.68. The largest absolute Gasteiger partial charge is 0.481 e. The number of hydrogen-bond acceptors (Lipinski definition) is 5. The number of likely N-dealkylation sites (tertiary alicyclic amines) is 1. The zero-order chi connectivity index (χ0) is 16.5. The summed E-state index contributed by atoms with van der Waals surface area (Å²) in [6.07, 6.45) is -5.16. The predicted octanol–water partition coefficient (Wildman–Crippen LogP) is 1.87. The van der Waals surface area contributed by atoms with E-state index in [2.05, 4.69) is 4.98 Å². The average molecular weight is 338 g/mol. The number of amides is 1. The highest BCUT2D eigenvalue weighted by atomic mass is 32.1. The summed E-state index contributed by atoms with van der Waals surface area (Å²) >= 11 is 0.334. The number of ether oxygens (including phenoxy) is 1. The smallest absolute Gasteiger partial charge is 0.427 e. The lowest BCUT2D eigenvalue weighted by atomic mass is 10.1. The van der Waals surface area contributed by atoms with Gasteiger partial charge in [-0.05, 0) is 6.42 Å². The van der Waals surface area contributed by atoms with E-state index in [4.69, 9.17) is 9.84 Å². The van der Waals surface area contributed by atoms with Crippen LogP contribution >= 0.6 is 11.3 Å². The Balaban J connectivity index is 2.27. The maximum absolute atomic E-state index is 12.9. The molecule has 1 aromatic rings. The first kappa shape index (κ1) is 16.7. The molecule has 0 aliphatic carbocycles. The fourth-order valence-electron chi connectivity index (χ4n) is 2.42. The van der Waals surface area contributed by atoms with Gasteiger partial charge in [0.25, 0.3) is 5.91 Å². The van der Waals surface area contributed by atoms with Crippen LogP contribution < -0.4 is 0 Å². The number of rotatable bonds is 4. The highest BCUT2D eigenvalue weighted by molar-refractivity contribution is 7.10. The molecule has 1 aliphatic rings. The molecule has 10 heteroatoms. The summed E-state index contributed by atoms with van der Waals surface area (Å²) < 4.78 is 43.7. The van der Waals surface area contributed by atoms with E-state index in [-0.39, 0.29) is 19.4 Å². The van der Waals surface area contributed by atoms with Gasteiger partial charge in [0, 0.05) is 19.7 Å². The number of carboxylic acids is 1. The van der Waals surface area contributed by atoms with Gasteiger partial charge in [-0.3, -0.25) is 9.59 Å². The van der Waals surface area contributed by atoms with Crippen LogP contribution in [0.2, 0.25) is 0 Å². The van der Waals surface area contributed by atoms with Crippen LogP contribution in [0.1, 0.15) is 28.2 Å². The number of hydrogen-bond donors (Lipinski definition) is 1. The van der Waals surface area contributed by atoms with Crippen LogP contribution in [0.4, 0.5) is 13.2 Å².